The third kappa shape index (κ3) is 2.53. The van der Waals surface area contributed by atoms with E-state index in [0.29, 0.717) is 6.54 Å². The van der Waals surface area contributed by atoms with Crippen molar-refractivity contribution < 1.29 is 0 Å². The molecule has 2 N–H and O–H groups in total. The second-order valence-electron chi connectivity index (χ2n) is 4.77. The van der Waals surface area contributed by atoms with Crippen LogP contribution in [-0.2, 0) is 6.42 Å². The summed E-state index contributed by atoms with van der Waals surface area (Å²) in [6.45, 7) is 0.680. The number of nitrogens with zero attached hydrogens (tertiary/aromatic N) is 2. The first kappa shape index (κ1) is 12.8. The summed E-state index contributed by atoms with van der Waals surface area (Å²) in [5.41, 5.74) is 8.75. The van der Waals surface area contributed by atoms with Crippen molar-refractivity contribution in [3.63, 3.8) is 0 Å². The molecule has 1 aromatic heterocycles. The van der Waals surface area contributed by atoms with E-state index in [-0.39, 0.29) is 0 Å². The van der Waals surface area contributed by atoms with Gasteiger partial charge in [0.05, 0.1) is 11.2 Å². The van der Waals surface area contributed by atoms with Gasteiger partial charge in [-0.3, -0.25) is 0 Å². The van der Waals surface area contributed by atoms with Gasteiger partial charge in [-0.1, -0.05) is 48.5 Å². The molecule has 0 aliphatic heterocycles. The van der Waals surface area contributed by atoms with Gasteiger partial charge in [0.1, 0.15) is 0 Å². The number of aromatic nitrogens is 2. The maximum atomic E-state index is 5.63. The molecule has 0 atom stereocenters. The quantitative estimate of drug-likeness (QED) is 0.786. The summed E-state index contributed by atoms with van der Waals surface area (Å²) in [5, 5.41) is 1.13. The van der Waals surface area contributed by atoms with Crippen molar-refractivity contribution in [1.29, 1.82) is 0 Å². The van der Waals surface area contributed by atoms with Gasteiger partial charge in [0.15, 0.2) is 5.82 Å². The van der Waals surface area contributed by atoms with E-state index in [9.17, 15) is 0 Å². The Morgan fingerprint density at radius 1 is 0.850 bits per heavy atom. The molecule has 0 saturated heterocycles. The van der Waals surface area contributed by atoms with E-state index in [2.05, 4.69) is 11.1 Å². The second-order valence-corrected chi connectivity index (χ2v) is 4.77. The van der Waals surface area contributed by atoms with E-state index in [1.54, 1.807) is 0 Å². The van der Waals surface area contributed by atoms with Gasteiger partial charge < -0.3 is 5.73 Å². The maximum absolute atomic E-state index is 5.63. The molecule has 3 aromatic rings. The Hall–Kier alpha value is -2.26. The van der Waals surface area contributed by atoms with Gasteiger partial charge in [-0.25, -0.2) is 9.97 Å². The van der Waals surface area contributed by atoms with Crippen LogP contribution in [0.25, 0.3) is 22.3 Å². The molecule has 2 aromatic carbocycles. The van der Waals surface area contributed by atoms with E-state index in [4.69, 9.17) is 10.7 Å². The molecule has 0 fully saturated rings. The van der Waals surface area contributed by atoms with Crippen LogP contribution in [0.5, 0.6) is 0 Å². The lowest BCUT2D eigenvalue weighted by molar-refractivity contribution is 0.815. The van der Waals surface area contributed by atoms with Gasteiger partial charge in [-0.05, 0) is 25.5 Å². The highest BCUT2D eigenvalue weighted by molar-refractivity contribution is 5.82. The zero-order valence-electron chi connectivity index (χ0n) is 11.3. The summed E-state index contributed by atoms with van der Waals surface area (Å²) < 4.78 is 0. The third-order valence-electron chi connectivity index (χ3n) is 3.33. The van der Waals surface area contributed by atoms with E-state index in [1.807, 2.05) is 48.5 Å². The summed E-state index contributed by atoms with van der Waals surface area (Å²) in [7, 11) is 0. The number of aryl methyl sites for hydroxylation is 1. The maximum Gasteiger partial charge on any atom is 0.160 e. The number of nitrogens with two attached hydrogens (primary N) is 1. The molecule has 0 radical (unpaired) electrons. The van der Waals surface area contributed by atoms with Crippen molar-refractivity contribution >= 4 is 10.9 Å². The average molecular weight is 263 g/mol. The van der Waals surface area contributed by atoms with E-state index in [1.165, 1.54) is 0 Å². The molecular weight excluding hydrogens is 246 g/mol. The molecule has 100 valence electrons. The van der Waals surface area contributed by atoms with Crippen LogP contribution >= 0.6 is 0 Å². The molecule has 1 heterocycles. The van der Waals surface area contributed by atoms with Crippen LogP contribution in [-0.4, -0.2) is 16.5 Å². The molecule has 0 bridgehead atoms. The molecule has 3 nitrogen and oxygen atoms in total. The number of hydrogen-bond acceptors (Lipinski definition) is 3. The Bertz CT molecular complexity index is 708. The van der Waals surface area contributed by atoms with Crippen molar-refractivity contribution in [2.24, 2.45) is 5.73 Å². The number of benzene rings is 2. The largest absolute Gasteiger partial charge is 0.330 e. The second kappa shape index (κ2) is 5.80. The van der Waals surface area contributed by atoms with Crippen LogP contribution in [0.2, 0.25) is 0 Å². The molecule has 0 unspecified atom stereocenters. The third-order valence-corrected chi connectivity index (χ3v) is 3.33. The highest BCUT2D eigenvalue weighted by atomic mass is 14.9. The number of para-hydroxylation sites is 1. The topological polar surface area (TPSA) is 51.8 Å². The van der Waals surface area contributed by atoms with Crippen LogP contribution < -0.4 is 5.73 Å². The van der Waals surface area contributed by atoms with Crippen LogP contribution in [0.15, 0.2) is 54.6 Å². The minimum atomic E-state index is 0.680. The molecule has 0 aliphatic carbocycles. The minimum absolute atomic E-state index is 0.680. The number of fused-ring (bicyclic) bond motifs is 1. The average Bonchev–Trinajstić information content (AvgIpc) is 2.53. The first-order valence-electron chi connectivity index (χ1n) is 6.89. The lowest BCUT2D eigenvalue weighted by atomic mass is 10.1. The predicted molar refractivity (Wildman–Crippen MR) is 82.3 cm³/mol. The lowest BCUT2D eigenvalue weighted by Gasteiger charge is -2.08. The zero-order valence-corrected chi connectivity index (χ0v) is 11.3. The van der Waals surface area contributed by atoms with Gasteiger partial charge in [-0.2, -0.15) is 0 Å². The summed E-state index contributed by atoms with van der Waals surface area (Å²) in [6.07, 6.45) is 1.83. The van der Waals surface area contributed by atoms with Gasteiger partial charge in [-0.15, -0.1) is 0 Å². The van der Waals surface area contributed by atoms with Crippen LogP contribution in [0, 0.1) is 0 Å². The van der Waals surface area contributed by atoms with E-state index in [0.717, 1.165) is 40.8 Å². The van der Waals surface area contributed by atoms with Gasteiger partial charge >= 0.3 is 0 Å². The monoisotopic (exact) mass is 263 g/mol. The van der Waals surface area contributed by atoms with Gasteiger partial charge in [0.25, 0.3) is 0 Å². The molecule has 3 heteroatoms. The Morgan fingerprint density at radius 2 is 1.60 bits per heavy atom. The first-order valence-corrected chi connectivity index (χ1v) is 6.89. The summed E-state index contributed by atoms with van der Waals surface area (Å²) in [6, 6.07) is 18.2. The summed E-state index contributed by atoms with van der Waals surface area (Å²) in [4.78, 5) is 9.41. The first-order chi connectivity index (χ1) is 9.88. The van der Waals surface area contributed by atoms with Crippen LogP contribution in [0.1, 0.15) is 12.1 Å². The molecule has 0 aliphatic rings. The Labute approximate surface area is 118 Å². The number of hydrogen-bond donors (Lipinski definition) is 1. The number of rotatable bonds is 4. The molecule has 3 rings (SSSR count). The molecular formula is C17H17N3. The van der Waals surface area contributed by atoms with Crippen molar-refractivity contribution in [3.05, 3.63) is 60.3 Å². The van der Waals surface area contributed by atoms with E-state index >= 15 is 0 Å². The zero-order chi connectivity index (χ0) is 13.8. The van der Waals surface area contributed by atoms with Gasteiger partial charge in [0.2, 0.25) is 0 Å². The minimum Gasteiger partial charge on any atom is -0.330 e. The molecule has 0 spiro atoms. The highest BCUT2D eigenvalue weighted by Crippen LogP contribution is 2.22. The fraction of sp³-hybridized carbons (Fsp3) is 0.176. The normalized spacial score (nSPS) is 10.8. The highest BCUT2D eigenvalue weighted by Gasteiger charge is 2.08. The van der Waals surface area contributed by atoms with Crippen molar-refractivity contribution in [1.82, 2.24) is 9.97 Å². The smallest absolute Gasteiger partial charge is 0.160 e. The Kier molecular flexibility index (Phi) is 3.70. The SMILES string of the molecule is NCCCc1nc(-c2ccccc2)nc2ccccc12. The fourth-order valence-corrected chi connectivity index (χ4v) is 2.32. The molecule has 0 amide bonds. The molecule has 0 saturated carbocycles. The van der Waals surface area contributed by atoms with E-state index < -0.39 is 0 Å². The van der Waals surface area contributed by atoms with Crippen molar-refractivity contribution in [3.8, 4) is 11.4 Å². The Balaban J connectivity index is 2.14. The summed E-state index contributed by atoms with van der Waals surface area (Å²) >= 11 is 0. The fourth-order valence-electron chi connectivity index (χ4n) is 2.32. The summed E-state index contributed by atoms with van der Waals surface area (Å²) in [5.74, 6) is 0.788. The van der Waals surface area contributed by atoms with Crippen LogP contribution in [0.4, 0.5) is 0 Å². The standard InChI is InChI=1S/C17H17N3/c18-12-6-11-16-14-9-4-5-10-15(14)19-17(20-16)13-7-2-1-3-8-13/h1-5,7-10H,6,11-12,18H2. The van der Waals surface area contributed by atoms with Crippen molar-refractivity contribution in [2.75, 3.05) is 6.54 Å². The Morgan fingerprint density at radius 3 is 2.40 bits per heavy atom. The van der Waals surface area contributed by atoms with Crippen LogP contribution in [0.3, 0.4) is 0 Å². The lowest BCUT2D eigenvalue weighted by Crippen LogP contribution is -2.03. The van der Waals surface area contributed by atoms with Crippen molar-refractivity contribution in [2.45, 2.75) is 12.8 Å². The molecule has 20 heavy (non-hydrogen) atoms. The predicted octanol–water partition coefficient (Wildman–Crippen LogP) is 3.19. The van der Waals surface area contributed by atoms with Gasteiger partial charge in [0, 0.05) is 10.9 Å².